The van der Waals surface area contributed by atoms with E-state index in [-0.39, 0.29) is 12.1 Å². The van der Waals surface area contributed by atoms with Crippen molar-refractivity contribution in [3.05, 3.63) is 23.8 Å². The molecular formula is C13H19N3O2. The van der Waals surface area contributed by atoms with Crippen molar-refractivity contribution in [3.8, 4) is 0 Å². The van der Waals surface area contributed by atoms with Crippen LogP contribution >= 0.6 is 0 Å². The fourth-order valence-electron chi connectivity index (χ4n) is 2.47. The van der Waals surface area contributed by atoms with Crippen LogP contribution < -0.4 is 16.8 Å². The number of nitrogen functional groups attached to an aromatic ring is 1. The Kier molecular flexibility index (Phi) is 3.72. The highest BCUT2D eigenvalue weighted by molar-refractivity contribution is 5.99. The molecule has 2 rings (SSSR count). The highest BCUT2D eigenvalue weighted by atomic mass is 16.5. The predicted octanol–water partition coefficient (Wildman–Crippen LogP) is 1.35. The molecule has 1 aliphatic carbocycles. The molecule has 0 spiro atoms. The maximum Gasteiger partial charge on any atom is 0.250 e. The summed E-state index contributed by atoms with van der Waals surface area (Å²) in [5, 5.41) is 3.33. The lowest BCUT2D eigenvalue weighted by Crippen LogP contribution is -2.30. The minimum absolute atomic E-state index is 0.173. The third-order valence-electron chi connectivity index (χ3n) is 3.41. The number of ether oxygens (including phenoxy) is 1. The van der Waals surface area contributed by atoms with Gasteiger partial charge in [0.1, 0.15) is 0 Å². The Hall–Kier alpha value is -1.75. The summed E-state index contributed by atoms with van der Waals surface area (Å²) in [6.07, 6.45) is 3.34. The van der Waals surface area contributed by atoms with E-state index in [4.69, 9.17) is 16.2 Å². The van der Waals surface area contributed by atoms with Crippen molar-refractivity contribution in [1.82, 2.24) is 0 Å². The van der Waals surface area contributed by atoms with E-state index >= 15 is 0 Å². The summed E-state index contributed by atoms with van der Waals surface area (Å²) in [5.41, 5.74) is 12.9. The summed E-state index contributed by atoms with van der Waals surface area (Å²) in [5.74, 6) is -0.454. The van der Waals surface area contributed by atoms with Gasteiger partial charge in [-0.1, -0.05) is 0 Å². The number of hydrogen-bond donors (Lipinski definition) is 3. The Labute approximate surface area is 106 Å². The van der Waals surface area contributed by atoms with Crippen molar-refractivity contribution in [2.45, 2.75) is 31.4 Å². The first-order valence-electron chi connectivity index (χ1n) is 6.10. The molecule has 18 heavy (non-hydrogen) atoms. The SMILES string of the molecule is COC1CCCC1Nc1cc(N)ccc1C(N)=O. The van der Waals surface area contributed by atoms with Crippen LogP contribution in [0.1, 0.15) is 29.6 Å². The zero-order valence-corrected chi connectivity index (χ0v) is 10.5. The minimum atomic E-state index is -0.454. The summed E-state index contributed by atoms with van der Waals surface area (Å²) < 4.78 is 5.42. The van der Waals surface area contributed by atoms with Gasteiger partial charge in [-0.3, -0.25) is 4.79 Å². The molecule has 2 unspecified atom stereocenters. The van der Waals surface area contributed by atoms with Crippen molar-refractivity contribution in [3.63, 3.8) is 0 Å². The second-order valence-corrected chi connectivity index (χ2v) is 4.63. The number of amides is 1. The van der Waals surface area contributed by atoms with Gasteiger partial charge in [0.05, 0.1) is 17.7 Å². The van der Waals surface area contributed by atoms with Gasteiger partial charge in [-0.15, -0.1) is 0 Å². The summed E-state index contributed by atoms with van der Waals surface area (Å²) in [4.78, 5) is 11.4. The molecular weight excluding hydrogens is 230 g/mol. The van der Waals surface area contributed by atoms with E-state index in [9.17, 15) is 4.79 Å². The zero-order valence-electron chi connectivity index (χ0n) is 10.5. The summed E-state index contributed by atoms with van der Waals surface area (Å²) in [6, 6.07) is 5.27. The molecule has 0 aliphatic heterocycles. The number of methoxy groups -OCH3 is 1. The molecule has 0 aromatic heterocycles. The largest absolute Gasteiger partial charge is 0.399 e. The van der Waals surface area contributed by atoms with E-state index in [0.29, 0.717) is 16.9 Å². The first kappa shape index (κ1) is 12.7. The molecule has 1 amide bonds. The molecule has 5 nitrogen and oxygen atoms in total. The molecule has 98 valence electrons. The van der Waals surface area contributed by atoms with Gasteiger partial charge in [-0.25, -0.2) is 0 Å². The van der Waals surface area contributed by atoms with Gasteiger partial charge in [0, 0.05) is 18.5 Å². The summed E-state index contributed by atoms with van der Waals surface area (Å²) >= 11 is 0. The normalized spacial score (nSPS) is 22.9. The molecule has 0 saturated heterocycles. The number of primary amides is 1. The Bertz CT molecular complexity index is 448. The third-order valence-corrected chi connectivity index (χ3v) is 3.41. The van der Waals surface area contributed by atoms with Gasteiger partial charge >= 0.3 is 0 Å². The maximum atomic E-state index is 11.4. The Morgan fingerprint density at radius 1 is 1.44 bits per heavy atom. The number of rotatable bonds is 4. The molecule has 0 heterocycles. The fraction of sp³-hybridized carbons (Fsp3) is 0.462. The van der Waals surface area contributed by atoms with Gasteiger partial charge in [-0.05, 0) is 37.5 Å². The van der Waals surface area contributed by atoms with Gasteiger partial charge in [0.2, 0.25) is 0 Å². The standard InChI is InChI=1S/C13H19N3O2/c1-18-12-4-2-3-10(12)16-11-7-8(14)5-6-9(11)13(15)17/h5-7,10,12,16H,2-4,14H2,1H3,(H2,15,17). The van der Waals surface area contributed by atoms with Crippen LogP contribution in [-0.2, 0) is 4.74 Å². The van der Waals surface area contributed by atoms with Gasteiger partial charge in [0.25, 0.3) is 5.91 Å². The van der Waals surface area contributed by atoms with Crippen molar-refractivity contribution >= 4 is 17.3 Å². The number of anilines is 2. The van der Waals surface area contributed by atoms with Crippen LogP contribution in [0.25, 0.3) is 0 Å². The number of nitrogens with one attached hydrogen (secondary N) is 1. The molecule has 2 atom stereocenters. The number of benzene rings is 1. The quantitative estimate of drug-likeness (QED) is 0.702. The topological polar surface area (TPSA) is 90.4 Å². The Morgan fingerprint density at radius 2 is 2.22 bits per heavy atom. The molecule has 1 aromatic carbocycles. The van der Waals surface area contributed by atoms with E-state index in [1.165, 1.54) is 0 Å². The minimum Gasteiger partial charge on any atom is -0.399 e. The molecule has 5 N–H and O–H groups in total. The average molecular weight is 249 g/mol. The Morgan fingerprint density at radius 3 is 2.89 bits per heavy atom. The molecule has 1 aliphatic rings. The molecule has 1 aromatic rings. The highest BCUT2D eigenvalue weighted by Crippen LogP contribution is 2.27. The smallest absolute Gasteiger partial charge is 0.250 e. The van der Waals surface area contributed by atoms with E-state index < -0.39 is 5.91 Å². The van der Waals surface area contributed by atoms with Crippen LogP contribution in [0.15, 0.2) is 18.2 Å². The molecule has 0 radical (unpaired) electrons. The molecule has 1 fully saturated rings. The van der Waals surface area contributed by atoms with Crippen LogP contribution in [0.3, 0.4) is 0 Å². The number of carbonyl (C=O) groups excluding carboxylic acids is 1. The number of hydrogen-bond acceptors (Lipinski definition) is 4. The van der Waals surface area contributed by atoms with Crippen LogP contribution in [0.4, 0.5) is 11.4 Å². The van der Waals surface area contributed by atoms with E-state index in [0.717, 1.165) is 19.3 Å². The summed E-state index contributed by atoms with van der Waals surface area (Å²) in [7, 11) is 1.71. The lowest BCUT2D eigenvalue weighted by atomic mass is 10.1. The van der Waals surface area contributed by atoms with Crippen LogP contribution in [0.5, 0.6) is 0 Å². The van der Waals surface area contributed by atoms with Crippen molar-refractivity contribution in [1.29, 1.82) is 0 Å². The molecule has 5 heteroatoms. The van der Waals surface area contributed by atoms with Crippen molar-refractivity contribution < 1.29 is 9.53 Å². The maximum absolute atomic E-state index is 11.4. The second-order valence-electron chi connectivity index (χ2n) is 4.63. The van der Waals surface area contributed by atoms with Crippen molar-refractivity contribution in [2.75, 3.05) is 18.2 Å². The predicted molar refractivity (Wildman–Crippen MR) is 71.4 cm³/mol. The van der Waals surface area contributed by atoms with E-state index in [1.807, 2.05) is 0 Å². The monoisotopic (exact) mass is 249 g/mol. The highest BCUT2D eigenvalue weighted by Gasteiger charge is 2.27. The second kappa shape index (κ2) is 5.27. The zero-order chi connectivity index (χ0) is 13.1. The fourth-order valence-corrected chi connectivity index (χ4v) is 2.47. The Balaban J connectivity index is 2.22. The number of carbonyl (C=O) groups is 1. The van der Waals surface area contributed by atoms with Crippen molar-refractivity contribution in [2.24, 2.45) is 5.73 Å². The van der Waals surface area contributed by atoms with Gasteiger partial charge < -0.3 is 21.5 Å². The summed E-state index contributed by atoms with van der Waals surface area (Å²) in [6.45, 7) is 0. The van der Waals surface area contributed by atoms with Gasteiger partial charge in [0.15, 0.2) is 0 Å². The third kappa shape index (κ3) is 2.56. The number of nitrogens with two attached hydrogens (primary N) is 2. The van der Waals surface area contributed by atoms with E-state index in [1.54, 1.807) is 25.3 Å². The van der Waals surface area contributed by atoms with Crippen LogP contribution in [0.2, 0.25) is 0 Å². The lowest BCUT2D eigenvalue weighted by Gasteiger charge is -2.22. The first-order valence-corrected chi connectivity index (χ1v) is 6.10. The van der Waals surface area contributed by atoms with Gasteiger partial charge in [-0.2, -0.15) is 0 Å². The van der Waals surface area contributed by atoms with E-state index in [2.05, 4.69) is 5.32 Å². The molecule has 1 saturated carbocycles. The first-order chi connectivity index (χ1) is 8.61. The lowest BCUT2D eigenvalue weighted by molar-refractivity contribution is 0.0991. The molecule has 0 bridgehead atoms. The average Bonchev–Trinajstić information content (AvgIpc) is 2.76. The van der Waals surface area contributed by atoms with Crippen LogP contribution in [-0.4, -0.2) is 25.2 Å². The van der Waals surface area contributed by atoms with Crippen LogP contribution in [0, 0.1) is 0 Å².